The maximum Gasteiger partial charge on any atom is 0.242 e. The van der Waals surface area contributed by atoms with Gasteiger partial charge in [-0.1, -0.05) is 40.0 Å². The van der Waals surface area contributed by atoms with Crippen LogP contribution in [0.5, 0.6) is 0 Å². The van der Waals surface area contributed by atoms with E-state index >= 15 is 0 Å². The van der Waals surface area contributed by atoms with Gasteiger partial charge in [-0.15, -0.1) is 0 Å². The molecule has 0 saturated heterocycles. The standard InChI is InChI=1S/C15H28N2O2/c1-15(2,3)13(14(19)16-4)17-12(18)10-11-8-6-5-7-9-11/h11,13H,5-10H2,1-4H3,(H,16,19)(H,17,18). The number of likely N-dealkylation sites (N-methyl/N-ethyl adjacent to an activating group) is 1. The molecule has 0 aromatic heterocycles. The van der Waals surface area contributed by atoms with Crippen molar-refractivity contribution in [3.05, 3.63) is 0 Å². The smallest absolute Gasteiger partial charge is 0.242 e. The van der Waals surface area contributed by atoms with Crippen LogP contribution in [-0.4, -0.2) is 24.9 Å². The van der Waals surface area contributed by atoms with E-state index in [2.05, 4.69) is 10.6 Å². The summed E-state index contributed by atoms with van der Waals surface area (Å²) in [4.78, 5) is 24.0. The third-order valence-corrected chi connectivity index (χ3v) is 3.88. The van der Waals surface area contributed by atoms with E-state index in [0.29, 0.717) is 12.3 Å². The van der Waals surface area contributed by atoms with Crippen molar-refractivity contribution in [1.29, 1.82) is 0 Å². The van der Waals surface area contributed by atoms with Gasteiger partial charge >= 0.3 is 0 Å². The second-order valence-corrected chi connectivity index (χ2v) is 6.69. The van der Waals surface area contributed by atoms with Gasteiger partial charge in [0.2, 0.25) is 11.8 Å². The zero-order valence-electron chi connectivity index (χ0n) is 12.7. The monoisotopic (exact) mass is 268 g/mol. The normalized spacial score (nSPS) is 18.7. The first-order valence-corrected chi connectivity index (χ1v) is 7.35. The minimum Gasteiger partial charge on any atom is -0.357 e. The molecule has 19 heavy (non-hydrogen) atoms. The van der Waals surface area contributed by atoms with Crippen LogP contribution >= 0.6 is 0 Å². The summed E-state index contributed by atoms with van der Waals surface area (Å²) < 4.78 is 0. The van der Waals surface area contributed by atoms with Crippen LogP contribution in [0.25, 0.3) is 0 Å². The molecule has 0 radical (unpaired) electrons. The first-order valence-electron chi connectivity index (χ1n) is 7.35. The summed E-state index contributed by atoms with van der Waals surface area (Å²) in [5.41, 5.74) is -0.275. The molecule has 2 amide bonds. The summed E-state index contributed by atoms with van der Waals surface area (Å²) in [6.45, 7) is 5.90. The Labute approximate surface area is 116 Å². The Morgan fingerprint density at radius 1 is 1.16 bits per heavy atom. The van der Waals surface area contributed by atoms with Crippen molar-refractivity contribution in [3.8, 4) is 0 Å². The van der Waals surface area contributed by atoms with Crippen LogP contribution in [0.4, 0.5) is 0 Å². The number of nitrogens with one attached hydrogen (secondary N) is 2. The Balaban J connectivity index is 2.53. The lowest BCUT2D eigenvalue weighted by molar-refractivity contribution is -0.131. The van der Waals surface area contributed by atoms with Crippen LogP contribution in [0.3, 0.4) is 0 Å². The quantitative estimate of drug-likeness (QED) is 0.821. The lowest BCUT2D eigenvalue weighted by Crippen LogP contribution is -2.53. The minimum absolute atomic E-state index is 0.00965. The molecule has 4 heteroatoms. The first kappa shape index (κ1) is 16.0. The van der Waals surface area contributed by atoms with E-state index < -0.39 is 6.04 Å². The van der Waals surface area contributed by atoms with Gasteiger partial charge in [0.25, 0.3) is 0 Å². The van der Waals surface area contributed by atoms with E-state index in [-0.39, 0.29) is 17.2 Å². The minimum atomic E-state index is -0.464. The van der Waals surface area contributed by atoms with E-state index in [1.54, 1.807) is 7.05 Å². The molecule has 1 unspecified atom stereocenters. The van der Waals surface area contributed by atoms with Crippen molar-refractivity contribution in [2.24, 2.45) is 11.3 Å². The fraction of sp³-hybridized carbons (Fsp3) is 0.867. The highest BCUT2D eigenvalue weighted by molar-refractivity contribution is 5.88. The number of amides is 2. The molecule has 0 aliphatic heterocycles. The molecule has 1 aliphatic carbocycles. The van der Waals surface area contributed by atoms with Gasteiger partial charge in [-0.2, -0.15) is 0 Å². The van der Waals surface area contributed by atoms with Gasteiger partial charge in [0, 0.05) is 13.5 Å². The molecule has 1 aliphatic rings. The molecule has 4 nitrogen and oxygen atoms in total. The van der Waals surface area contributed by atoms with E-state index in [1.807, 2.05) is 20.8 Å². The fourth-order valence-corrected chi connectivity index (χ4v) is 2.69. The van der Waals surface area contributed by atoms with Gasteiger partial charge in [-0.25, -0.2) is 0 Å². The molecule has 0 aromatic rings. The van der Waals surface area contributed by atoms with Gasteiger partial charge in [-0.05, 0) is 24.2 Å². The molecular weight excluding hydrogens is 240 g/mol. The number of hydrogen-bond donors (Lipinski definition) is 2. The summed E-state index contributed by atoms with van der Waals surface area (Å²) >= 11 is 0. The summed E-state index contributed by atoms with van der Waals surface area (Å²) in [6, 6.07) is -0.464. The van der Waals surface area contributed by atoms with E-state index in [0.717, 1.165) is 12.8 Å². The Hall–Kier alpha value is -1.06. The van der Waals surface area contributed by atoms with Crippen molar-refractivity contribution >= 4 is 11.8 Å². The summed E-state index contributed by atoms with van der Waals surface area (Å²) in [6.07, 6.45) is 6.61. The highest BCUT2D eigenvalue weighted by Gasteiger charge is 2.32. The van der Waals surface area contributed by atoms with E-state index in [1.165, 1.54) is 19.3 Å². The third-order valence-electron chi connectivity index (χ3n) is 3.88. The van der Waals surface area contributed by atoms with E-state index in [9.17, 15) is 9.59 Å². The zero-order valence-corrected chi connectivity index (χ0v) is 12.7. The first-order chi connectivity index (χ1) is 8.84. The Bertz CT molecular complexity index is 315. The molecule has 0 aromatic carbocycles. The molecule has 1 rings (SSSR count). The average molecular weight is 268 g/mol. The highest BCUT2D eigenvalue weighted by atomic mass is 16.2. The predicted molar refractivity (Wildman–Crippen MR) is 76.6 cm³/mol. The molecule has 2 N–H and O–H groups in total. The van der Waals surface area contributed by atoms with Crippen LogP contribution in [-0.2, 0) is 9.59 Å². The summed E-state index contributed by atoms with van der Waals surface area (Å²) in [7, 11) is 1.61. The molecule has 0 bridgehead atoms. The van der Waals surface area contributed by atoms with Crippen molar-refractivity contribution in [1.82, 2.24) is 10.6 Å². The van der Waals surface area contributed by atoms with Crippen molar-refractivity contribution in [3.63, 3.8) is 0 Å². The molecular formula is C15H28N2O2. The lowest BCUT2D eigenvalue weighted by Gasteiger charge is -2.30. The Morgan fingerprint density at radius 3 is 2.21 bits per heavy atom. The SMILES string of the molecule is CNC(=O)C(NC(=O)CC1CCCCC1)C(C)(C)C. The number of hydrogen-bond acceptors (Lipinski definition) is 2. The van der Waals surface area contributed by atoms with Crippen LogP contribution < -0.4 is 10.6 Å². The van der Waals surface area contributed by atoms with Gasteiger partial charge in [0.15, 0.2) is 0 Å². The van der Waals surface area contributed by atoms with Gasteiger partial charge in [-0.3, -0.25) is 9.59 Å². The Morgan fingerprint density at radius 2 is 1.74 bits per heavy atom. The molecule has 1 fully saturated rings. The topological polar surface area (TPSA) is 58.2 Å². The molecule has 110 valence electrons. The number of carbonyl (C=O) groups is 2. The molecule has 0 spiro atoms. The second-order valence-electron chi connectivity index (χ2n) is 6.69. The lowest BCUT2D eigenvalue weighted by atomic mass is 9.84. The van der Waals surface area contributed by atoms with Crippen molar-refractivity contribution < 1.29 is 9.59 Å². The fourth-order valence-electron chi connectivity index (χ4n) is 2.69. The summed E-state index contributed by atoms with van der Waals surface area (Å²) in [5.74, 6) is 0.388. The number of rotatable bonds is 4. The highest BCUT2D eigenvalue weighted by Crippen LogP contribution is 2.26. The predicted octanol–water partition coefficient (Wildman–Crippen LogP) is 2.23. The van der Waals surface area contributed by atoms with Crippen LogP contribution in [0, 0.1) is 11.3 Å². The van der Waals surface area contributed by atoms with Crippen molar-refractivity contribution in [2.45, 2.75) is 65.3 Å². The Kier molecular flexibility index (Phi) is 5.83. The summed E-state index contributed by atoms with van der Waals surface area (Å²) in [5, 5.41) is 5.53. The molecule has 1 atom stereocenters. The van der Waals surface area contributed by atoms with E-state index in [4.69, 9.17) is 0 Å². The maximum absolute atomic E-state index is 12.1. The van der Waals surface area contributed by atoms with Gasteiger partial charge in [0.05, 0.1) is 0 Å². The van der Waals surface area contributed by atoms with Crippen molar-refractivity contribution in [2.75, 3.05) is 7.05 Å². The molecule has 1 saturated carbocycles. The van der Waals surface area contributed by atoms with Crippen LogP contribution in [0.2, 0.25) is 0 Å². The van der Waals surface area contributed by atoms with Crippen LogP contribution in [0.15, 0.2) is 0 Å². The zero-order chi connectivity index (χ0) is 14.5. The van der Waals surface area contributed by atoms with Crippen LogP contribution in [0.1, 0.15) is 59.3 Å². The number of carbonyl (C=O) groups excluding carboxylic acids is 2. The third kappa shape index (κ3) is 5.21. The second kappa shape index (κ2) is 6.92. The van der Waals surface area contributed by atoms with Gasteiger partial charge in [0.1, 0.15) is 6.04 Å². The maximum atomic E-state index is 12.1. The van der Waals surface area contributed by atoms with Gasteiger partial charge < -0.3 is 10.6 Å². The largest absolute Gasteiger partial charge is 0.357 e. The molecule has 0 heterocycles. The average Bonchev–Trinajstić information content (AvgIpc) is 2.35.